The molecular formula is C17H16N2O3. The van der Waals surface area contributed by atoms with Gasteiger partial charge in [-0.2, -0.15) is 0 Å². The molecule has 112 valence electrons. The fourth-order valence-electron chi connectivity index (χ4n) is 2.40. The first kappa shape index (κ1) is 14.1. The summed E-state index contributed by atoms with van der Waals surface area (Å²) in [6.45, 7) is 0.747. The highest BCUT2D eigenvalue weighted by molar-refractivity contribution is 6.09. The van der Waals surface area contributed by atoms with Gasteiger partial charge in [-0.3, -0.25) is 9.59 Å². The number of nitrogens with zero attached hydrogens (tertiary/aromatic N) is 1. The molecule has 1 aliphatic heterocycles. The smallest absolute Gasteiger partial charge is 0.253 e. The van der Waals surface area contributed by atoms with Gasteiger partial charge in [0.1, 0.15) is 12.4 Å². The van der Waals surface area contributed by atoms with Crippen LogP contribution in [-0.4, -0.2) is 31.5 Å². The molecule has 0 aliphatic carbocycles. The summed E-state index contributed by atoms with van der Waals surface area (Å²) in [6, 6.07) is 16.5. The van der Waals surface area contributed by atoms with Crippen molar-refractivity contribution < 1.29 is 14.3 Å². The molecule has 2 aromatic carbocycles. The van der Waals surface area contributed by atoms with Crippen LogP contribution in [0.3, 0.4) is 0 Å². The van der Waals surface area contributed by atoms with Crippen LogP contribution >= 0.6 is 0 Å². The molecule has 0 atom stereocenters. The van der Waals surface area contributed by atoms with Gasteiger partial charge in [0.05, 0.1) is 24.3 Å². The fourth-order valence-corrected chi connectivity index (χ4v) is 2.40. The van der Waals surface area contributed by atoms with Crippen LogP contribution in [0.5, 0.6) is 5.75 Å². The van der Waals surface area contributed by atoms with E-state index in [1.807, 2.05) is 36.4 Å². The zero-order valence-electron chi connectivity index (χ0n) is 12.0. The number of para-hydroxylation sites is 2. The Balaban J connectivity index is 1.75. The molecule has 22 heavy (non-hydrogen) atoms. The van der Waals surface area contributed by atoms with Gasteiger partial charge in [0.25, 0.3) is 5.91 Å². The second kappa shape index (κ2) is 6.30. The second-order valence-electron chi connectivity index (χ2n) is 4.91. The number of rotatable bonds is 4. The molecule has 0 radical (unpaired) electrons. The summed E-state index contributed by atoms with van der Waals surface area (Å²) in [7, 11) is 0. The van der Waals surface area contributed by atoms with Gasteiger partial charge in [0, 0.05) is 0 Å². The standard InChI is InChI=1S/C17H16N2O3/c20-16-12-18-17(21)14-8-4-5-9-15(14)19(16)10-11-22-13-6-2-1-3-7-13/h1-9H,10-12H2,(H,18,21). The Labute approximate surface area is 128 Å². The van der Waals surface area contributed by atoms with Gasteiger partial charge in [0.15, 0.2) is 0 Å². The molecule has 0 spiro atoms. The quantitative estimate of drug-likeness (QED) is 0.936. The lowest BCUT2D eigenvalue weighted by Gasteiger charge is -2.22. The van der Waals surface area contributed by atoms with Crippen molar-refractivity contribution >= 4 is 17.5 Å². The third-order valence-corrected chi connectivity index (χ3v) is 3.47. The van der Waals surface area contributed by atoms with Gasteiger partial charge in [-0.15, -0.1) is 0 Å². The molecule has 1 aliphatic rings. The molecule has 1 heterocycles. The molecule has 5 heteroatoms. The van der Waals surface area contributed by atoms with Crippen molar-refractivity contribution in [3.63, 3.8) is 0 Å². The Kier molecular flexibility index (Phi) is 4.05. The molecule has 3 rings (SSSR count). The first-order chi connectivity index (χ1) is 10.8. The van der Waals surface area contributed by atoms with Crippen LogP contribution in [0.4, 0.5) is 5.69 Å². The Morgan fingerprint density at radius 1 is 1.00 bits per heavy atom. The lowest BCUT2D eigenvalue weighted by molar-refractivity contribution is -0.117. The second-order valence-corrected chi connectivity index (χ2v) is 4.91. The van der Waals surface area contributed by atoms with Crippen molar-refractivity contribution in [1.82, 2.24) is 5.32 Å². The van der Waals surface area contributed by atoms with E-state index in [1.54, 1.807) is 23.1 Å². The van der Waals surface area contributed by atoms with E-state index in [4.69, 9.17) is 4.74 Å². The maximum Gasteiger partial charge on any atom is 0.253 e. The Hall–Kier alpha value is -2.82. The number of amides is 2. The van der Waals surface area contributed by atoms with E-state index in [0.717, 1.165) is 5.75 Å². The van der Waals surface area contributed by atoms with Crippen LogP contribution in [0.25, 0.3) is 0 Å². The van der Waals surface area contributed by atoms with Crippen molar-refractivity contribution in [2.45, 2.75) is 0 Å². The third kappa shape index (κ3) is 2.93. The Morgan fingerprint density at radius 2 is 1.73 bits per heavy atom. The number of carbonyl (C=O) groups is 2. The summed E-state index contributed by atoms with van der Waals surface area (Å²) in [5.41, 5.74) is 1.13. The SMILES string of the molecule is O=C1NCC(=O)N(CCOc2ccccc2)c2ccccc21. The van der Waals surface area contributed by atoms with E-state index in [9.17, 15) is 9.59 Å². The topological polar surface area (TPSA) is 58.6 Å². The van der Waals surface area contributed by atoms with Gasteiger partial charge >= 0.3 is 0 Å². The molecule has 5 nitrogen and oxygen atoms in total. The van der Waals surface area contributed by atoms with E-state index in [1.165, 1.54) is 0 Å². The minimum Gasteiger partial charge on any atom is -0.492 e. The number of fused-ring (bicyclic) bond motifs is 1. The minimum atomic E-state index is -0.226. The Bertz CT molecular complexity index is 685. The summed E-state index contributed by atoms with van der Waals surface area (Å²) < 4.78 is 5.64. The molecule has 2 amide bonds. The van der Waals surface area contributed by atoms with Crippen LogP contribution in [0.2, 0.25) is 0 Å². The monoisotopic (exact) mass is 296 g/mol. The summed E-state index contributed by atoms with van der Waals surface area (Å²) in [4.78, 5) is 25.8. The maximum atomic E-state index is 12.2. The molecule has 0 bridgehead atoms. The highest BCUT2D eigenvalue weighted by Crippen LogP contribution is 2.22. The largest absolute Gasteiger partial charge is 0.492 e. The predicted molar refractivity (Wildman–Crippen MR) is 83.1 cm³/mol. The van der Waals surface area contributed by atoms with Crippen LogP contribution in [0.1, 0.15) is 10.4 Å². The number of ether oxygens (including phenoxy) is 1. The number of nitrogens with one attached hydrogen (secondary N) is 1. The Morgan fingerprint density at radius 3 is 2.55 bits per heavy atom. The van der Waals surface area contributed by atoms with E-state index in [2.05, 4.69) is 5.32 Å². The van der Waals surface area contributed by atoms with Crippen LogP contribution < -0.4 is 15.0 Å². The number of benzene rings is 2. The maximum absolute atomic E-state index is 12.2. The van der Waals surface area contributed by atoms with Crippen LogP contribution in [0.15, 0.2) is 54.6 Å². The van der Waals surface area contributed by atoms with Crippen molar-refractivity contribution in [3.05, 3.63) is 60.2 Å². The average molecular weight is 296 g/mol. The van der Waals surface area contributed by atoms with Crippen LogP contribution in [0, 0.1) is 0 Å². The van der Waals surface area contributed by atoms with Crippen LogP contribution in [-0.2, 0) is 4.79 Å². The van der Waals surface area contributed by atoms with Gasteiger partial charge in [-0.25, -0.2) is 0 Å². The number of carbonyl (C=O) groups excluding carboxylic acids is 2. The van der Waals surface area contributed by atoms with Gasteiger partial charge in [-0.05, 0) is 24.3 Å². The molecule has 0 saturated heterocycles. The molecule has 0 aromatic heterocycles. The molecule has 1 N–H and O–H groups in total. The van der Waals surface area contributed by atoms with Gasteiger partial charge < -0.3 is 15.0 Å². The van der Waals surface area contributed by atoms with E-state index in [0.29, 0.717) is 24.4 Å². The highest BCUT2D eigenvalue weighted by atomic mass is 16.5. The molecule has 0 unspecified atom stereocenters. The number of anilines is 1. The van der Waals surface area contributed by atoms with Crippen molar-refractivity contribution in [1.29, 1.82) is 0 Å². The normalized spacial score (nSPS) is 14.1. The summed E-state index contributed by atoms with van der Waals surface area (Å²) in [6.07, 6.45) is 0. The van der Waals surface area contributed by atoms with Crippen molar-refractivity contribution in [3.8, 4) is 5.75 Å². The number of hydrogen-bond donors (Lipinski definition) is 1. The summed E-state index contributed by atoms with van der Waals surface area (Å²) >= 11 is 0. The lowest BCUT2D eigenvalue weighted by Crippen LogP contribution is -2.38. The third-order valence-electron chi connectivity index (χ3n) is 3.47. The average Bonchev–Trinajstić information content (AvgIpc) is 2.68. The van der Waals surface area contributed by atoms with Gasteiger partial charge in [0.2, 0.25) is 5.91 Å². The van der Waals surface area contributed by atoms with E-state index < -0.39 is 0 Å². The molecular weight excluding hydrogens is 280 g/mol. The summed E-state index contributed by atoms with van der Waals surface area (Å²) in [5, 5.41) is 2.62. The molecule has 0 fully saturated rings. The minimum absolute atomic E-state index is 0.00114. The first-order valence-corrected chi connectivity index (χ1v) is 7.11. The van der Waals surface area contributed by atoms with Crippen molar-refractivity contribution in [2.75, 3.05) is 24.6 Å². The number of hydrogen-bond acceptors (Lipinski definition) is 3. The van der Waals surface area contributed by atoms with E-state index >= 15 is 0 Å². The zero-order valence-corrected chi connectivity index (χ0v) is 12.0. The van der Waals surface area contributed by atoms with E-state index in [-0.39, 0.29) is 18.4 Å². The lowest BCUT2D eigenvalue weighted by atomic mass is 10.1. The highest BCUT2D eigenvalue weighted by Gasteiger charge is 2.25. The fraction of sp³-hybridized carbons (Fsp3) is 0.176. The summed E-state index contributed by atoms with van der Waals surface area (Å²) in [5.74, 6) is 0.387. The first-order valence-electron chi connectivity index (χ1n) is 7.11. The molecule has 0 saturated carbocycles. The predicted octanol–water partition coefficient (Wildman–Crippen LogP) is 1.84. The zero-order chi connectivity index (χ0) is 15.4. The molecule has 2 aromatic rings. The van der Waals surface area contributed by atoms with Gasteiger partial charge in [-0.1, -0.05) is 30.3 Å². The van der Waals surface area contributed by atoms with Crippen molar-refractivity contribution in [2.24, 2.45) is 0 Å².